The van der Waals surface area contributed by atoms with Crippen molar-refractivity contribution in [1.29, 1.82) is 0 Å². The third-order valence-corrected chi connectivity index (χ3v) is 3.83. The lowest BCUT2D eigenvalue weighted by molar-refractivity contribution is 0.318. The van der Waals surface area contributed by atoms with Gasteiger partial charge in [0.2, 0.25) is 0 Å². The molecule has 0 saturated carbocycles. The molecule has 0 spiro atoms. The molecule has 112 valence electrons. The van der Waals surface area contributed by atoms with E-state index in [1.165, 1.54) is 0 Å². The Bertz CT molecular complexity index is 680. The molecule has 6 nitrogen and oxygen atoms in total. The van der Waals surface area contributed by atoms with Crippen LogP contribution in [0.3, 0.4) is 0 Å². The predicted molar refractivity (Wildman–Crippen MR) is 84.0 cm³/mol. The molecule has 0 aliphatic carbocycles. The summed E-state index contributed by atoms with van der Waals surface area (Å²) in [5, 5.41) is 16.7. The Hall–Kier alpha value is -2.21. The molecule has 1 heterocycles. The Morgan fingerprint density at radius 1 is 1.52 bits per heavy atom. The largest absolute Gasteiger partial charge is 0.409 e. The van der Waals surface area contributed by atoms with Gasteiger partial charge < -0.3 is 15.8 Å². The molecule has 2 aromatic rings. The van der Waals surface area contributed by atoms with Crippen molar-refractivity contribution in [2.24, 2.45) is 17.9 Å². The average Bonchev–Trinajstić information content (AvgIpc) is 2.73. The first-order valence-electron chi connectivity index (χ1n) is 6.41. The van der Waals surface area contributed by atoms with E-state index in [1.807, 2.05) is 44.1 Å². The van der Waals surface area contributed by atoms with E-state index in [0.717, 1.165) is 16.9 Å². The van der Waals surface area contributed by atoms with Crippen LogP contribution in [-0.4, -0.2) is 27.9 Å². The van der Waals surface area contributed by atoms with Crippen molar-refractivity contribution in [1.82, 2.24) is 9.78 Å². The number of hydrogen-bond donors (Lipinski definition) is 2. The van der Waals surface area contributed by atoms with E-state index in [1.54, 1.807) is 10.7 Å². The maximum absolute atomic E-state index is 8.75. The van der Waals surface area contributed by atoms with E-state index in [0.29, 0.717) is 17.3 Å². The van der Waals surface area contributed by atoms with Gasteiger partial charge in [0.15, 0.2) is 5.84 Å². The van der Waals surface area contributed by atoms with E-state index in [-0.39, 0.29) is 5.84 Å². The SMILES string of the molecule is Cc1nn(C)c(Cl)c1CN(C)c1cccc(/C(N)=N/O)c1. The predicted octanol–water partition coefficient (Wildman–Crippen LogP) is 2.11. The molecule has 3 N–H and O–H groups in total. The molecule has 0 saturated heterocycles. The summed E-state index contributed by atoms with van der Waals surface area (Å²) in [6.45, 7) is 2.56. The van der Waals surface area contributed by atoms with E-state index in [2.05, 4.69) is 10.3 Å². The van der Waals surface area contributed by atoms with Gasteiger partial charge in [0.25, 0.3) is 0 Å². The first-order chi connectivity index (χ1) is 9.93. The average molecular weight is 308 g/mol. The maximum atomic E-state index is 8.75. The highest BCUT2D eigenvalue weighted by Gasteiger charge is 2.14. The lowest BCUT2D eigenvalue weighted by Crippen LogP contribution is -2.19. The number of amidine groups is 1. The Labute approximate surface area is 128 Å². The molecular formula is C14H18ClN5O. The molecule has 7 heteroatoms. The molecule has 0 bridgehead atoms. The van der Waals surface area contributed by atoms with E-state index >= 15 is 0 Å². The first-order valence-corrected chi connectivity index (χ1v) is 6.79. The molecule has 0 atom stereocenters. The van der Waals surface area contributed by atoms with Crippen molar-refractivity contribution in [3.8, 4) is 0 Å². The number of benzene rings is 1. The van der Waals surface area contributed by atoms with Crippen LogP contribution >= 0.6 is 11.6 Å². The van der Waals surface area contributed by atoms with Gasteiger partial charge in [-0.3, -0.25) is 4.68 Å². The normalized spacial score (nSPS) is 11.7. The molecule has 1 aromatic carbocycles. The summed E-state index contributed by atoms with van der Waals surface area (Å²) in [6.07, 6.45) is 0. The topological polar surface area (TPSA) is 79.7 Å². The molecule has 0 aliphatic rings. The van der Waals surface area contributed by atoms with Gasteiger partial charge in [-0.05, 0) is 19.1 Å². The van der Waals surface area contributed by atoms with Crippen LogP contribution in [-0.2, 0) is 13.6 Å². The molecule has 1 aromatic heterocycles. The number of hydrogen-bond acceptors (Lipinski definition) is 4. The number of rotatable bonds is 4. The van der Waals surface area contributed by atoms with Crippen LogP contribution in [0, 0.1) is 6.92 Å². The summed E-state index contributed by atoms with van der Waals surface area (Å²) in [6, 6.07) is 7.45. The summed E-state index contributed by atoms with van der Waals surface area (Å²) < 4.78 is 1.66. The summed E-state index contributed by atoms with van der Waals surface area (Å²) in [7, 11) is 3.77. The van der Waals surface area contributed by atoms with Crippen molar-refractivity contribution in [2.75, 3.05) is 11.9 Å². The number of aryl methyl sites for hydroxylation is 2. The number of nitrogens with two attached hydrogens (primary N) is 1. The highest BCUT2D eigenvalue weighted by Crippen LogP contribution is 2.23. The van der Waals surface area contributed by atoms with Gasteiger partial charge in [-0.2, -0.15) is 5.10 Å². The molecule has 0 amide bonds. The Morgan fingerprint density at radius 3 is 2.81 bits per heavy atom. The van der Waals surface area contributed by atoms with Gasteiger partial charge >= 0.3 is 0 Å². The van der Waals surface area contributed by atoms with Gasteiger partial charge in [0.05, 0.1) is 5.69 Å². The van der Waals surface area contributed by atoms with E-state index in [4.69, 9.17) is 22.5 Å². The monoisotopic (exact) mass is 307 g/mol. The van der Waals surface area contributed by atoms with Gasteiger partial charge in [0.1, 0.15) is 5.15 Å². The second-order valence-electron chi connectivity index (χ2n) is 4.87. The van der Waals surface area contributed by atoms with Crippen LogP contribution in [0.2, 0.25) is 5.15 Å². The summed E-state index contributed by atoms with van der Waals surface area (Å²) in [5.74, 6) is 0.0841. The van der Waals surface area contributed by atoms with Crippen LogP contribution in [0.4, 0.5) is 5.69 Å². The minimum Gasteiger partial charge on any atom is -0.409 e. The van der Waals surface area contributed by atoms with Crippen LogP contribution < -0.4 is 10.6 Å². The highest BCUT2D eigenvalue weighted by molar-refractivity contribution is 6.30. The number of oxime groups is 1. The lowest BCUT2D eigenvalue weighted by Gasteiger charge is -2.20. The van der Waals surface area contributed by atoms with Gasteiger partial charge in [-0.15, -0.1) is 0 Å². The third-order valence-electron chi connectivity index (χ3n) is 3.36. The standard InChI is InChI=1S/C14H18ClN5O/c1-9-12(13(15)20(3)17-9)8-19(2)11-6-4-5-10(7-11)14(16)18-21/h4-7,21H,8H2,1-3H3,(H2,16,18). The minimum absolute atomic E-state index is 0.0841. The summed E-state index contributed by atoms with van der Waals surface area (Å²) >= 11 is 6.25. The van der Waals surface area contributed by atoms with Crippen molar-refractivity contribution in [3.05, 3.63) is 46.2 Å². The minimum atomic E-state index is 0.0841. The molecule has 21 heavy (non-hydrogen) atoms. The molecule has 0 radical (unpaired) electrons. The molecule has 0 unspecified atom stereocenters. The fraction of sp³-hybridized carbons (Fsp3) is 0.286. The van der Waals surface area contributed by atoms with Crippen molar-refractivity contribution < 1.29 is 5.21 Å². The van der Waals surface area contributed by atoms with E-state index < -0.39 is 0 Å². The third kappa shape index (κ3) is 3.11. The number of aromatic nitrogens is 2. The Morgan fingerprint density at radius 2 is 2.24 bits per heavy atom. The second kappa shape index (κ2) is 6.05. The molecule has 0 aliphatic heterocycles. The van der Waals surface area contributed by atoms with E-state index in [9.17, 15) is 0 Å². The first kappa shape index (κ1) is 15.2. The molecule has 0 fully saturated rings. The Balaban J connectivity index is 2.26. The molecular weight excluding hydrogens is 290 g/mol. The van der Waals surface area contributed by atoms with Crippen molar-refractivity contribution >= 4 is 23.1 Å². The zero-order chi connectivity index (χ0) is 15.6. The smallest absolute Gasteiger partial charge is 0.170 e. The van der Waals surface area contributed by atoms with Crippen LogP contribution in [0.1, 0.15) is 16.8 Å². The number of nitrogens with zero attached hydrogens (tertiary/aromatic N) is 4. The summed E-state index contributed by atoms with van der Waals surface area (Å²) in [5.41, 5.74) is 9.11. The summed E-state index contributed by atoms with van der Waals surface area (Å²) in [4.78, 5) is 2.03. The van der Waals surface area contributed by atoms with Gasteiger partial charge in [0, 0.05) is 37.5 Å². The van der Waals surface area contributed by atoms with Crippen LogP contribution in [0.5, 0.6) is 0 Å². The fourth-order valence-electron chi connectivity index (χ4n) is 2.14. The van der Waals surface area contributed by atoms with Crippen LogP contribution in [0.15, 0.2) is 29.4 Å². The van der Waals surface area contributed by atoms with Crippen LogP contribution in [0.25, 0.3) is 0 Å². The quantitative estimate of drug-likeness (QED) is 0.392. The second-order valence-corrected chi connectivity index (χ2v) is 5.23. The number of halogens is 1. The number of anilines is 1. The van der Waals surface area contributed by atoms with Gasteiger partial charge in [-0.1, -0.05) is 28.9 Å². The maximum Gasteiger partial charge on any atom is 0.170 e. The lowest BCUT2D eigenvalue weighted by atomic mass is 10.1. The van der Waals surface area contributed by atoms with Gasteiger partial charge in [-0.25, -0.2) is 0 Å². The Kier molecular flexibility index (Phi) is 4.37. The highest BCUT2D eigenvalue weighted by atomic mass is 35.5. The van der Waals surface area contributed by atoms with Crippen molar-refractivity contribution in [2.45, 2.75) is 13.5 Å². The zero-order valence-corrected chi connectivity index (χ0v) is 13.0. The van der Waals surface area contributed by atoms with Crippen molar-refractivity contribution in [3.63, 3.8) is 0 Å². The molecule has 2 rings (SSSR count). The fourth-order valence-corrected chi connectivity index (χ4v) is 2.38. The zero-order valence-electron chi connectivity index (χ0n) is 12.2.